The summed E-state index contributed by atoms with van der Waals surface area (Å²) in [6.45, 7) is 0.00345. The first-order chi connectivity index (χ1) is 7.29. The molecular weight excluding hydrogens is 252 g/mol. The predicted octanol–water partition coefficient (Wildman–Crippen LogP) is 2.84. The second-order valence-electron chi connectivity index (χ2n) is 2.73. The number of halogens is 1. The van der Waals surface area contributed by atoms with E-state index < -0.39 is 0 Å². The van der Waals surface area contributed by atoms with E-state index in [1.54, 1.807) is 6.07 Å². The lowest BCUT2D eigenvalue weighted by Crippen LogP contribution is -1.83. The Hall–Kier alpha value is -0.620. The summed E-state index contributed by atoms with van der Waals surface area (Å²) in [4.78, 5) is 4.98. The number of aliphatic hydroxyl groups excluding tert-OH is 1. The van der Waals surface area contributed by atoms with Gasteiger partial charge in [-0.2, -0.15) is 4.37 Å². The molecule has 0 bridgehead atoms. The summed E-state index contributed by atoms with van der Waals surface area (Å²) in [5.74, 6) is 0. The summed E-state index contributed by atoms with van der Waals surface area (Å²) in [6.07, 6.45) is 1.52. The SMILES string of the molecule is OCc1ccc(Sc2ncns2)c(Cl)c1. The maximum Gasteiger partial charge on any atom is 0.174 e. The molecule has 2 rings (SSSR count). The highest BCUT2D eigenvalue weighted by Crippen LogP contribution is 2.33. The van der Waals surface area contributed by atoms with E-state index in [1.165, 1.54) is 29.6 Å². The van der Waals surface area contributed by atoms with Gasteiger partial charge in [0.05, 0.1) is 11.6 Å². The topological polar surface area (TPSA) is 46.0 Å². The van der Waals surface area contributed by atoms with Crippen LogP contribution in [0.25, 0.3) is 0 Å². The Kier molecular flexibility index (Phi) is 3.58. The van der Waals surface area contributed by atoms with Crippen LogP contribution in [0.15, 0.2) is 33.8 Å². The van der Waals surface area contributed by atoms with Crippen molar-refractivity contribution < 1.29 is 5.11 Å². The van der Waals surface area contributed by atoms with Gasteiger partial charge in [0, 0.05) is 4.90 Å². The zero-order chi connectivity index (χ0) is 10.7. The molecule has 0 unspecified atom stereocenters. The molecule has 1 aromatic heterocycles. The van der Waals surface area contributed by atoms with Crippen LogP contribution < -0.4 is 0 Å². The summed E-state index contributed by atoms with van der Waals surface area (Å²) >= 11 is 8.85. The van der Waals surface area contributed by atoms with Crippen molar-refractivity contribution in [3.05, 3.63) is 35.1 Å². The first kappa shape index (κ1) is 10.9. The molecule has 0 spiro atoms. The summed E-state index contributed by atoms with van der Waals surface area (Å²) in [5.41, 5.74) is 0.807. The Morgan fingerprint density at radius 3 is 2.93 bits per heavy atom. The molecule has 0 aliphatic rings. The number of nitrogens with zero attached hydrogens (tertiary/aromatic N) is 2. The number of aromatic nitrogens is 2. The Bertz CT molecular complexity index is 447. The van der Waals surface area contributed by atoms with Gasteiger partial charge in [0.1, 0.15) is 6.33 Å². The quantitative estimate of drug-likeness (QED) is 0.920. The molecule has 0 radical (unpaired) electrons. The fraction of sp³-hybridized carbons (Fsp3) is 0.111. The molecule has 0 amide bonds. The number of aliphatic hydroxyl groups is 1. The summed E-state index contributed by atoms with van der Waals surface area (Å²) in [5, 5.41) is 9.55. The lowest BCUT2D eigenvalue weighted by Gasteiger charge is -2.02. The molecule has 0 saturated carbocycles. The molecule has 1 heterocycles. The molecule has 15 heavy (non-hydrogen) atoms. The van der Waals surface area contributed by atoms with E-state index in [9.17, 15) is 0 Å². The third kappa shape index (κ3) is 2.69. The fourth-order valence-electron chi connectivity index (χ4n) is 1.03. The van der Waals surface area contributed by atoms with Gasteiger partial charge in [0.2, 0.25) is 0 Å². The smallest absolute Gasteiger partial charge is 0.174 e. The summed E-state index contributed by atoms with van der Waals surface area (Å²) in [6, 6.07) is 5.47. The van der Waals surface area contributed by atoms with Gasteiger partial charge < -0.3 is 5.11 Å². The molecule has 2 aromatic rings. The average Bonchev–Trinajstić information content (AvgIpc) is 2.74. The Morgan fingerprint density at radius 2 is 2.33 bits per heavy atom. The lowest BCUT2D eigenvalue weighted by molar-refractivity contribution is 0.282. The van der Waals surface area contributed by atoms with Crippen molar-refractivity contribution in [2.75, 3.05) is 0 Å². The van der Waals surface area contributed by atoms with E-state index in [1.807, 2.05) is 12.1 Å². The fourth-order valence-corrected chi connectivity index (χ4v) is 2.75. The van der Waals surface area contributed by atoms with Gasteiger partial charge in [0.15, 0.2) is 4.34 Å². The molecule has 6 heteroatoms. The van der Waals surface area contributed by atoms with Gasteiger partial charge >= 0.3 is 0 Å². The van der Waals surface area contributed by atoms with Crippen LogP contribution in [0, 0.1) is 0 Å². The molecular formula is C9H7ClN2OS2. The second kappa shape index (κ2) is 4.94. The standard InChI is InChI=1S/C9H7ClN2OS2/c10-7-3-6(4-13)1-2-8(7)14-9-11-5-12-15-9/h1-3,5,13H,4H2. The molecule has 3 nitrogen and oxygen atoms in total. The van der Waals surface area contributed by atoms with E-state index in [2.05, 4.69) is 9.36 Å². The monoisotopic (exact) mass is 258 g/mol. The van der Waals surface area contributed by atoms with Crippen molar-refractivity contribution in [2.45, 2.75) is 15.8 Å². The van der Waals surface area contributed by atoms with Crippen molar-refractivity contribution in [2.24, 2.45) is 0 Å². The van der Waals surface area contributed by atoms with E-state index >= 15 is 0 Å². The largest absolute Gasteiger partial charge is 0.392 e. The Balaban J connectivity index is 2.22. The third-order valence-corrected chi connectivity index (χ3v) is 3.93. The minimum absolute atomic E-state index is 0.00345. The Morgan fingerprint density at radius 1 is 1.47 bits per heavy atom. The van der Waals surface area contributed by atoms with Gasteiger partial charge in [-0.05, 0) is 29.2 Å². The number of hydrogen-bond donors (Lipinski definition) is 1. The minimum Gasteiger partial charge on any atom is -0.392 e. The van der Waals surface area contributed by atoms with Crippen molar-refractivity contribution in [3.63, 3.8) is 0 Å². The molecule has 1 aromatic carbocycles. The molecule has 0 aliphatic carbocycles. The highest BCUT2D eigenvalue weighted by atomic mass is 35.5. The number of hydrogen-bond acceptors (Lipinski definition) is 5. The van der Waals surface area contributed by atoms with Crippen LogP contribution in [-0.2, 0) is 6.61 Å². The van der Waals surface area contributed by atoms with Crippen LogP contribution in [0.2, 0.25) is 5.02 Å². The van der Waals surface area contributed by atoms with Crippen molar-refractivity contribution in [3.8, 4) is 0 Å². The zero-order valence-corrected chi connectivity index (χ0v) is 9.94. The van der Waals surface area contributed by atoms with Gasteiger partial charge in [-0.3, -0.25) is 0 Å². The molecule has 0 aliphatic heterocycles. The van der Waals surface area contributed by atoms with Crippen molar-refractivity contribution in [1.29, 1.82) is 0 Å². The maximum atomic E-state index is 8.92. The van der Waals surface area contributed by atoms with Crippen LogP contribution >= 0.6 is 34.9 Å². The first-order valence-electron chi connectivity index (χ1n) is 4.13. The average molecular weight is 259 g/mol. The van der Waals surface area contributed by atoms with Crippen LogP contribution in [-0.4, -0.2) is 14.5 Å². The molecule has 1 N–H and O–H groups in total. The molecule has 0 atom stereocenters. The van der Waals surface area contributed by atoms with Gasteiger partial charge in [-0.25, -0.2) is 4.98 Å². The Labute approximate surface area is 100 Å². The summed E-state index contributed by atoms with van der Waals surface area (Å²) in [7, 11) is 0. The summed E-state index contributed by atoms with van der Waals surface area (Å²) < 4.78 is 4.76. The second-order valence-corrected chi connectivity index (χ2v) is 5.21. The highest BCUT2D eigenvalue weighted by molar-refractivity contribution is 8.01. The lowest BCUT2D eigenvalue weighted by atomic mass is 10.2. The van der Waals surface area contributed by atoms with E-state index in [0.29, 0.717) is 5.02 Å². The number of rotatable bonds is 3. The van der Waals surface area contributed by atoms with Crippen LogP contribution in [0.5, 0.6) is 0 Å². The normalized spacial score (nSPS) is 10.5. The van der Waals surface area contributed by atoms with Crippen LogP contribution in [0.4, 0.5) is 0 Å². The zero-order valence-electron chi connectivity index (χ0n) is 7.55. The first-order valence-corrected chi connectivity index (χ1v) is 6.10. The molecule has 78 valence electrons. The van der Waals surface area contributed by atoms with Crippen molar-refractivity contribution >= 4 is 34.9 Å². The number of benzene rings is 1. The maximum absolute atomic E-state index is 8.92. The van der Waals surface area contributed by atoms with Crippen LogP contribution in [0.3, 0.4) is 0 Å². The van der Waals surface area contributed by atoms with Crippen molar-refractivity contribution in [1.82, 2.24) is 9.36 Å². The van der Waals surface area contributed by atoms with Gasteiger partial charge in [-0.15, -0.1) is 0 Å². The molecule has 0 saturated heterocycles. The predicted molar refractivity (Wildman–Crippen MR) is 61.4 cm³/mol. The molecule has 0 fully saturated rings. The van der Waals surface area contributed by atoms with E-state index in [0.717, 1.165) is 14.8 Å². The minimum atomic E-state index is 0.00345. The van der Waals surface area contributed by atoms with Gasteiger partial charge in [-0.1, -0.05) is 29.4 Å². The highest BCUT2D eigenvalue weighted by Gasteiger charge is 2.05. The third-order valence-electron chi connectivity index (χ3n) is 1.72. The van der Waals surface area contributed by atoms with Crippen LogP contribution in [0.1, 0.15) is 5.56 Å². The van der Waals surface area contributed by atoms with E-state index in [-0.39, 0.29) is 6.61 Å². The van der Waals surface area contributed by atoms with Gasteiger partial charge in [0.25, 0.3) is 0 Å². The van der Waals surface area contributed by atoms with E-state index in [4.69, 9.17) is 16.7 Å².